The van der Waals surface area contributed by atoms with Crippen LogP contribution in [0.5, 0.6) is 0 Å². The molecule has 0 saturated carbocycles. The maximum absolute atomic E-state index is 6.34. The van der Waals surface area contributed by atoms with Crippen molar-refractivity contribution in [2.75, 3.05) is 4.90 Å². The van der Waals surface area contributed by atoms with Crippen LogP contribution >= 0.6 is 0 Å². The minimum absolute atomic E-state index is 0.876. The first kappa shape index (κ1) is 30.9. The molecule has 9 aromatic carbocycles. The van der Waals surface area contributed by atoms with Crippen molar-refractivity contribution in [2.45, 2.75) is 0 Å². The van der Waals surface area contributed by atoms with Crippen molar-refractivity contribution in [3.05, 3.63) is 200 Å². The molecule has 3 aromatic heterocycles. The van der Waals surface area contributed by atoms with E-state index in [1.165, 1.54) is 43.4 Å². The van der Waals surface area contributed by atoms with Crippen molar-refractivity contribution in [3.8, 4) is 11.4 Å². The molecule has 0 fully saturated rings. The predicted molar refractivity (Wildman–Crippen MR) is 235 cm³/mol. The molecule has 4 heteroatoms. The fraction of sp³-hybridized carbons (Fsp3) is 0. The fourth-order valence-corrected chi connectivity index (χ4v) is 9.01. The molecule has 0 atom stereocenters. The fourth-order valence-electron chi connectivity index (χ4n) is 9.01. The van der Waals surface area contributed by atoms with E-state index in [0.29, 0.717) is 0 Å². The van der Waals surface area contributed by atoms with Gasteiger partial charge in [0.2, 0.25) is 0 Å². The number of nitrogens with zero attached hydrogens (tertiary/aromatic N) is 3. The molecule has 56 heavy (non-hydrogen) atoms. The summed E-state index contributed by atoms with van der Waals surface area (Å²) in [4.78, 5) is 2.44. The van der Waals surface area contributed by atoms with E-state index < -0.39 is 0 Å². The van der Waals surface area contributed by atoms with E-state index in [4.69, 9.17) is 4.42 Å². The Kier molecular flexibility index (Phi) is 6.60. The van der Waals surface area contributed by atoms with E-state index >= 15 is 0 Å². The van der Waals surface area contributed by atoms with E-state index in [1.54, 1.807) is 0 Å². The van der Waals surface area contributed by atoms with Gasteiger partial charge in [0, 0.05) is 55.1 Å². The van der Waals surface area contributed by atoms with Crippen LogP contribution < -0.4 is 4.90 Å². The molecule has 0 saturated heterocycles. The monoisotopic (exact) mass is 715 g/mol. The Morgan fingerprint density at radius 2 is 0.964 bits per heavy atom. The van der Waals surface area contributed by atoms with E-state index in [9.17, 15) is 0 Å². The number of hydrogen-bond donors (Lipinski definition) is 0. The maximum Gasteiger partial charge on any atom is 0.135 e. The number of anilines is 3. The molecule has 0 aliphatic rings. The molecule has 0 spiro atoms. The average molecular weight is 716 g/mol. The Bertz CT molecular complexity index is 3500. The highest BCUT2D eigenvalue weighted by molar-refractivity contribution is 6.18. The summed E-state index contributed by atoms with van der Waals surface area (Å²) in [7, 11) is 0. The Balaban J connectivity index is 1.17. The van der Waals surface area contributed by atoms with Crippen LogP contribution in [0.25, 0.3) is 87.7 Å². The van der Waals surface area contributed by atoms with Gasteiger partial charge in [0.1, 0.15) is 11.2 Å². The van der Waals surface area contributed by atoms with Gasteiger partial charge in [-0.25, -0.2) is 0 Å². The van der Waals surface area contributed by atoms with Gasteiger partial charge >= 0.3 is 0 Å². The van der Waals surface area contributed by atoms with Crippen LogP contribution in [0, 0.1) is 0 Å². The second-order valence-electron chi connectivity index (χ2n) is 14.6. The van der Waals surface area contributed by atoms with Crippen molar-refractivity contribution in [2.24, 2.45) is 0 Å². The standard InChI is InChI=1S/C52H33N3O/c1-2-15-36(16-3-1)54-45-20-9-6-17-40(45)41-29-27-39(33-49(41)54)53(38-28-30-51-44(32-38)42-18-8-11-24-50(42)56-51)47-22-12-23-48-52(47)43-19-7-10-21-46(43)55(48)37-26-25-34-13-4-5-14-35(34)31-37/h1-33H. The third kappa shape index (κ3) is 4.53. The molecule has 4 nitrogen and oxygen atoms in total. The normalized spacial score (nSPS) is 11.9. The summed E-state index contributed by atoms with van der Waals surface area (Å²) < 4.78 is 11.2. The molecule has 0 aliphatic heterocycles. The molecule has 12 rings (SSSR count). The van der Waals surface area contributed by atoms with Gasteiger partial charge in [-0.05, 0) is 95.7 Å². The summed E-state index contributed by atoms with van der Waals surface area (Å²) in [6, 6.07) is 72.2. The van der Waals surface area contributed by atoms with Crippen molar-refractivity contribution in [1.82, 2.24) is 9.13 Å². The summed E-state index contributed by atoms with van der Waals surface area (Å²) >= 11 is 0. The molecule has 0 amide bonds. The lowest BCUT2D eigenvalue weighted by Gasteiger charge is -2.27. The van der Waals surface area contributed by atoms with Crippen molar-refractivity contribution >= 4 is 93.4 Å². The topological polar surface area (TPSA) is 26.2 Å². The summed E-state index contributed by atoms with van der Waals surface area (Å²) in [6.07, 6.45) is 0. The zero-order valence-electron chi connectivity index (χ0n) is 30.3. The lowest BCUT2D eigenvalue weighted by atomic mass is 10.1. The molecule has 0 bridgehead atoms. The summed E-state index contributed by atoms with van der Waals surface area (Å²) in [6.45, 7) is 0. The van der Waals surface area contributed by atoms with Gasteiger partial charge in [0.15, 0.2) is 0 Å². The second kappa shape index (κ2) is 12.0. The van der Waals surface area contributed by atoms with E-state index in [2.05, 4.69) is 202 Å². The van der Waals surface area contributed by atoms with Crippen LogP contribution in [-0.2, 0) is 0 Å². The van der Waals surface area contributed by atoms with Crippen LogP contribution in [0.15, 0.2) is 205 Å². The first-order chi connectivity index (χ1) is 27.8. The first-order valence-corrected chi connectivity index (χ1v) is 19.1. The summed E-state index contributed by atoms with van der Waals surface area (Å²) in [5.74, 6) is 0. The molecular formula is C52H33N3O. The highest BCUT2D eigenvalue weighted by Crippen LogP contribution is 2.46. The molecule has 0 N–H and O–H groups in total. The molecule has 262 valence electrons. The van der Waals surface area contributed by atoms with Gasteiger partial charge in [-0.1, -0.05) is 115 Å². The Labute approximate surface area is 322 Å². The molecule has 12 aromatic rings. The van der Waals surface area contributed by atoms with Crippen molar-refractivity contribution < 1.29 is 4.42 Å². The van der Waals surface area contributed by atoms with Gasteiger partial charge < -0.3 is 18.5 Å². The summed E-state index contributed by atoms with van der Waals surface area (Å²) in [5, 5.41) is 9.49. The molecule has 0 unspecified atom stereocenters. The Morgan fingerprint density at radius 3 is 1.84 bits per heavy atom. The largest absolute Gasteiger partial charge is 0.456 e. The smallest absolute Gasteiger partial charge is 0.135 e. The van der Waals surface area contributed by atoms with Gasteiger partial charge in [0.05, 0.1) is 27.8 Å². The van der Waals surface area contributed by atoms with E-state index in [0.717, 1.165) is 61.4 Å². The molecule has 3 heterocycles. The second-order valence-corrected chi connectivity index (χ2v) is 14.6. The van der Waals surface area contributed by atoms with Crippen LogP contribution in [0.1, 0.15) is 0 Å². The van der Waals surface area contributed by atoms with Gasteiger partial charge in [0.25, 0.3) is 0 Å². The van der Waals surface area contributed by atoms with Crippen molar-refractivity contribution in [1.29, 1.82) is 0 Å². The van der Waals surface area contributed by atoms with Crippen LogP contribution in [0.4, 0.5) is 17.1 Å². The zero-order chi connectivity index (χ0) is 36.7. The predicted octanol–water partition coefficient (Wildman–Crippen LogP) is 14.4. The molecule has 0 aliphatic carbocycles. The third-order valence-electron chi connectivity index (χ3n) is 11.5. The number of furan rings is 1. The van der Waals surface area contributed by atoms with E-state index in [1.807, 2.05) is 12.1 Å². The number of benzene rings is 9. The minimum Gasteiger partial charge on any atom is -0.456 e. The van der Waals surface area contributed by atoms with Crippen LogP contribution in [0.2, 0.25) is 0 Å². The lowest BCUT2D eigenvalue weighted by molar-refractivity contribution is 0.669. The van der Waals surface area contributed by atoms with Gasteiger partial charge in [-0.2, -0.15) is 0 Å². The first-order valence-electron chi connectivity index (χ1n) is 19.1. The van der Waals surface area contributed by atoms with Crippen molar-refractivity contribution in [3.63, 3.8) is 0 Å². The SMILES string of the molecule is c1ccc(-n2c3ccccc3c3ccc(N(c4ccc5oc6ccccc6c5c4)c4cccc5c4c4ccccc4n5-c4ccc5ccccc5c4)cc32)cc1. The summed E-state index contributed by atoms with van der Waals surface area (Å²) in [5.41, 5.74) is 11.9. The highest BCUT2D eigenvalue weighted by atomic mass is 16.3. The Hall–Kier alpha value is -7.56. The van der Waals surface area contributed by atoms with Crippen LogP contribution in [0.3, 0.4) is 0 Å². The lowest BCUT2D eigenvalue weighted by Crippen LogP contribution is -2.10. The molecular weight excluding hydrogens is 683 g/mol. The Morgan fingerprint density at radius 1 is 0.339 bits per heavy atom. The number of para-hydroxylation sites is 4. The van der Waals surface area contributed by atoms with Crippen LogP contribution in [-0.4, -0.2) is 9.13 Å². The number of hydrogen-bond acceptors (Lipinski definition) is 2. The minimum atomic E-state index is 0.876. The quantitative estimate of drug-likeness (QED) is 0.177. The third-order valence-corrected chi connectivity index (χ3v) is 11.5. The molecule has 0 radical (unpaired) electrons. The number of rotatable bonds is 5. The zero-order valence-corrected chi connectivity index (χ0v) is 30.3. The van der Waals surface area contributed by atoms with E-state index in [-0.39, 0.29) is 0 Å². The maximum atomic E-state index is 6.34. The van der Waals surface area contributed by atoms with Gasteiger partial charge in [-0.3, -0.25) is 0 Å². The number of aromatic nitrogens is 2. The average Bonchev–Trinajstić information content (AvgIpc) is 3.92. The van der Waals surface area contributed by atoms with Gasteiger partial charge in [-0.15, -0.1) is 0 Å². The highest BCUT2D eigenvalue weighted by Gasteiger charge is 2.23. The number of fused-ring (bicyclic) bond motifs is 10.